The number of nitrogens with one attached hydrogen (secondary N) is 2. The minimum Gasteiger partial charge on any atom is -0.393 e. The molecule has 0 saturated heterocycles. The van der Waals surface area contributed by atoms with E-state index in [0.717, 1.165) is 12.0 Å². The summed E-state index contributed by atoms with van der Waals surface area (Å²) in [6, 6.07) is 9.55. The Morgan fingerprint density at radius 1 is 1.28 bits per heavy atom. The number of carbonyl (C=O) groups excluding carboxylic acids is 1. The number of aromatic amines is 1. The third-order valence-corrected chi connectivity index (χ3v) is 5.12. The molecule has 6 heteroatoms. The quantitative estimate of drug-likeness (QED) is 0.769. The van der Waals surface area contributed by atoms with E-state index >= 15 is 0 Å². The molecule has 1 amide bonds. The number of amides is 1. The van der Waals surface area contributed by atoms with Crippen molar-refractivity contribution in [2.24, 2.45) is 5.92 Å². The highest BCUT2D eigenvalue weighted by atomic mass is 16.3. The van der Waals surface area contributed by atoms with E-state index in [9.17, 15) is 14.7 Å². The zero-order valence-corrected chi connectivity index (χ0v) is 13.9. The van der Waals surface area contributed by atoms with Crippen molar-refractivity contribution < 1.29 is 9.90 Å². The molecular formula is C19H21N3O3. The number of hydrogen-bond acceptors (Lipinski definition) is 4. The van der Waals surface area contributed by atoms with Gasteiger partial charge in [0.2, 0.25) is 0 Å². The summed E-state index contributed by atoms with van der Waals surface area (Å²) in [7, 11) is 0. The van der Waals surface area contributed by atoms with Gasteiger partial charge in [0.15, 0.2) is 0 Å². The topological polar surface area (TPSA) is 95.1 Å². The lowest BCUT2D eigenvalue weighted by molar-refractivity contribution is 0.000958. The first kappa shape index (κ1) is 16.0. The molecule has 0 unspecified atom stereocenters. The Kier molecular flexibility index (Phi) is 3.92. The Labute approximate surface area is 145 Å². The highest BCUT2D eigenvalue weighted by Gasteiger charge is 2.46. The van der Waals surface area contributed by atoms with Crippen LogP contribution in [0.2, 0.25) is 0 Å². The lowest BCUT2D eigenvalue weighted by Gasteiger charge is -2.46. The van der Waals surface area contributed by atoms with Crippen molar-refractivity contribution >= 4 is 5.91 Å². The van der Waals surface area contributed by atoms with Crippen molar-refractivity contribution in [3.63, 3.8) is 0 Å². The summed E-state index contributed by atoms with van der Waals surface area (Å²) in [4.78, 5) is 31.9. The second-order valence-corrected chi connectivity index (χ2v) is 7.18. The molecule has 0 aliphatic heterocycles. The van der Waals surface area contributed by atoms with Gasteiger partial charge in [0.25, 0.3) is 11.5 Å². The van der Waals surface area contributed by atoms with Crippen LogP contribution in [0.25, 0.3) is 0 Å². The van der Waals surface area contributed by atoms with Gasteiger partial charge in [-0.15, -0.1) is 0 Å². The molecule has 6 nitrogen and oxygen atoms in total. The van der Waals surface area contributed by atoms with Crippen molar-refractivity contribution in [1.82, 2.24) is 15.3 Å². The molecule has 3 N–H and O–H groups in total. The molecule has 1 aromatic heterocycles. The summed E-state index contributed by atoms with van der Waals surface area (Å²) in [5.41, 5.74) is -0.0949. The van der Waals surface area contributed by atoms with Gasteiger partial charge < -0.3 is 15.4 Å². The molecule has 1 heterocycles. The number of hydrogen-bond donors (Lipinski definition) is 3. The molecule has 0 radical (unpaired) electrons. The average Bonchev–Trinajstić information content (AvgIpc) is 3.38. The van der Waals surface area contributed by atoms with Crippen LogP contribution in [0.1, 0.15) is 47.4 Å². The summed E-state index contributed by atoms with van der Waals surface area (Å²) in [5, 5.41) is 12.7. The van der Waals surface area contributed by atoms with Gasteiger partial charge in [-0.3, -0.25) is 9.59 Å². The Hall–Kier alpha value is -2.47. The van der Waals surface area contributed by atoms with Crippen LogP contribution in [0.3, 0.4) is 0 Å². The molecule has 1 aromatic carbocycles. The Balaban J connectivity index is 1.55. The normalized spacial score (nSPS) is 25.2. The number of rotatable bonds is 5. The van der Waals surface area contributed by atoms with Crippen LogP contribution in [-0.4, -0.2) is 27.1 Å². The second-order valence-electron chi connectivity index (χ2n) is 7.18. The number of nitrogens with zero attached hydrogens (tertiary/aromatic N) is 1. The first-order chi connectivity index (χ1) is 12.1. The number of benzene rings is 1. The summed E-state index contributed by atoms with van der Waals surface area (Å²) < 4.78 is 0. The molecule has 4 rings (SSSR count). The molecule has 2 aliphatic carbocycles. The minimum atomic E-state index is -0.628. The maximum absolute atomic E-state index is 12.6. The van der Waals surface area contributed by atoms with Crippen LogP contribution < -0.4 is 10.9 Å². The van der Waals surface area contributed by atoms with Gasteiger partial charge in [-0.1, -0.05) is 30.3 Å². The van der Waals surface area contributed by atoms with Gasteiger partial charge in [0, 0.05) is 25.5 Å². The van der Waals surface area contributed by atoms with Gasteiger partial charge in [-0.2, -0.15) is 0 Å². The van der Waals surface area contributed by atoms with Crippen molar-refractivity contribution in [1.29, 1.82) is 0 Å². The summed E-state index contributed by atoms with van der Waals surface area (Å²) in [6.45, 7) is 0. The number of aliphatic hydroxyl groups is 1. The van der Waals surface area contributed by atoms with Gasteiger partial charge in [-0.05, 0) is 24.3 Å². The zero-order chi connectivity index (χ0) is 17.4. The Morgan fingerprint density at radius 2 is 2.00 bits per heavy atom. The fourth-order valence-electron chi connectivity index (χ4n) is 3.49. The highest BCUT2D eigenvalue weighted by molar-refractivity contribution is 5.94. The lowest BCUT2D eigenvalue weighted by atomic mass is 9.69. The molecular weight excluding hydrogens is 318 g/mol. The van der Waals surface area contributed by atoms with Gasteiger partial charge in [0.05, 0.1) is 11.6 Å². The Morgan fingerprint density at radius 3 is 2.60 bits per heavy atom. The smallest absolute Gasteiger partial charge is 0.263 e. The fourth-order valence-corrected chi connectivity index (χ4v) is 3.49. The van der Waals surface area contributed by atoms with Crippen LogP contribution in [-0.2, 0) is 12.0 Å². The zero-order valence-electron chi connectivity index (χ0n) is 13.9. The third kappa shape index (κ3) is 3.22. The maximum Gasteiger partial charge on any atom is 0.263 e. The lowest BCUT2D eigenvalue weighted by Crippen LogP contribution is -2.57. The number of carbonyl (C=O) groups is 1. The van der Waals surface area contributed by atoms with E-state index in [2.05, 4.69) is 15.3 Å². The highest BCUT2D eigenvalue weighted by Crippen LogP contribution is 2.41. The van der Waals surface area contributed by atoms with Crippen LogP contribution in [0, 0.1) is 5.92 Å². The second kappa shape index (κ2) is 6.11. The van der Waals surface area contributed by atoms with Crippen LogP contribution >= 0.6 is 0 Å². The maximum atomic E-state index is 12.6. The summed E-state index contributed by atoms with van der Waals surface area (Å²) >= 11 is 0. The predicted octanol–water partition coefficient (Wildman–Crippen LogP) is 1.50. The van der Waals surface area contributed by atoms with E-state index in [0.29, 0.717) is 24.6 Å². The van der Waals surface area contributed by atoms with E-state index in [1.165, 1.54) is 19.0 Å². The first-order valence-electron chi connectivity index (χ1n) is 8.70. The van der Waals surface area contributed by atoms with Crippen molar-refractivity contribution in [2.45, 2.75) is 43.7 Å². The number of aromatic nitrogens is 2. The number of H-pyrrole nitrogens is 1. The molecule has 0 atom stereocenters. The van der Waals surface area contributed by atoms with Crippen LogP contribution in [0.5, 0.6) is 0 Å². The van der Waals surface area contributed by atoms with Gasteiger partial charge in [-0.25, -0.2) is 4.98 Å². The van der Waals surface area contributed by atoms with E-state index in [-0.39, 0.29) is 5.56 Å². The van der Waals surface area contributed by atoms with Crippen molar-refractivity contribution in [2.75, 3.05) is 0 Å². The molecule has 2 aromatic rings. The van der Waals surface area contributed by atoms with Crippen LogP contribution in [0.15, 0.2) is 41.3 Å². The molecule has 25 heavy (non-hydrogen) atoms. The van der Waals surface area contributed by atoms with E-state index in [4.69, 9.17) is 0 Å². The van der Waals surface area contributed by atoms with Crippen LogP contribution in [0.4, 0.5) is 0 Å². The minimum absolute atomic E-state index is 0.0104. The standard InChI is InChI=1S/C19H21N3O3/c23-14-9-19(10-14,13-4-2-1-3-5-13)22-18(25)15-11-20-16(21-17(15)24)8-12-6-7-12/h1-5,11-12,14,23H,6-10H2,(H,22,25)(H,20,21,24). The third-order valence-electron chi connectivity index (χ3n) is 5.12. The SMILES string of the molecule is O=C(NC1(c2ccccc2)CC(O)C1)c1cnc(CC2CC2)[nH]c1=O. The number of aliphatic hydroxyl groups excluding tert-OH is 1. The molecule has 2 saturated carbocycles. The van der Waals surface area contributed by atoms with Crippen molar-refractivity contribution in [3.05, 3.63) is 63.8 Å². The first-order valence-corrected chi connectivity index (χ1v) is 8.70. The fraction of sp³-hybridized carbons (Fsp3) is 0.421. The van der Waals surface area contributed by atoms with Gasteiger partial charge >= 0.3 is 0 Å². The Bertz CT molecular complexity index is 836. The van der Waals surface area contributed by atoms with E-state index < -0.39 is 23.1 Å². The molecule has 2 fully saturated rings. The van der Waals surface area contributed by atoms with E-state index in [1.807, 2.05) is 30.3 Å². The van der Waals surface area contributed by atoms with E-state index in [1.54, 1.807) is 0 Å². The van der Waals surface area contributed by atoms with Crippen molar-refractivity contribution in [3.8, 4) is 0 Å². The summed E-state index contributed by atoms with van der Waals surface area (Å²) in [5.74, 6) is 0.795. The average molecular weight is 339 g/mol. The molecule has 2 aliphatic rings. The molecule has 0 bridgehead atoms. The molecule has 0 spiro atoms. The summed E-state index contributed by atoms with van der Waals surface area (Å²) in [6.07, 6.45) is 4.90. The largest absolute Gasteiger partial charge is 0.393 e. The molecule has 130 valence electrons. The monoisotopic (exact) mass is 339 g/mol. The van der Waals surface area contributed by atoms with Gasteiger partial charge in [0.1, 0.15) is 11.4 Å². The predicted molar refractivity (Wildman–Crippen MR) is 92.1 cm³/mol.